The summed E-state index contributed by atoms with van der Waals surface area (Å²) in [6, 6.07) is 20.1. The van der Waals surface area contributed by atoms with Crippen LogP contribution in [0.15, 0.2) is 91.3 Å². The maximum atomic E-state index is 13.6. The van der Waals surface area contributed by atoms with E-state index in [0.29, 0.717) is 0 Å². The molecule has 5 aromatic rings. The number of nitrogens with two attached hydrogens (primary N) is 1. The number of rotatable bonds is 13. The molecular formula is C34H36N6O5. The average Bonchev–Trinajstić information content (AvgIpc) is 3.64. The van der Waals surface area contributed by atoms with Crippen LogP contribution in [-0.2, 0) is 38.4 Å². The average molecular weight is 609 g/mol. The molecule has 0 aliphatic carbocycles. The number of aliphatic carboxylic acids is 1. The van der Waals surface area contributed by atoms with Crippen LogP contribution in [-0.4, -0.2) is 62.9 Å². The Labute approximate surface area is 259 Å². The molecule has 5 rings (SSSR count). The van der Waals surface area contributed by atoms with Crippen molar-refractivity contribution in [2.75, 3.05) is 0 Å². The van der Waals surface area contributed by atoms with E-state index >= 15 is 0 Å². The fourth-order valence-corrected chi connectivity index (χ4v) is 5.37. The van der Waals surface area contributed by atoms with Crippen molar-refractivity contribution in [1.29, 1.82) is 0 Å². The van der Waals surface area contributed by atoms with Crippen molar-refractivity contribution in [3.8, 4) is 0 Å². The van der Waals surface area contributed by atoms with Gasteiger partial charge in [0.15, 0.2) is 0 Å². The Balaban J connectivity index is 1.28. The van der Waals surface area contributed by atoms with Gasteiger partial charge in [-0.2, -0.15) is 0 Å². The highest BCUT2D eigenvalue weighted by atomic mass is 16.4. The predicted molar refractivity (Wildman–Crippen MR) is 171 cm³/mol. The SMILES string of the molecule is CC(NC(=O)C(Cc1c[nH]c2ccccc12)NC(=O)C(N)Cc1ccccc1)C(=O)NC(Cc1c[nH]c2ccccc12)C(=O)O. The van der Waals surface area contributed by atoms with E-state index in [1.165, 1.54) is 6.92 Å². The first-order chi connectivity index (χ1) is 21.7. The van der Waals surface area contributed by atoms with Gasteiger partial charge in [0.05, 0.1) is 6.04 Å². The largest absolute Gasteiger partial charge is 0.480 e. The number of para-hydroxylation sites is 2. The van der Waals surface area contributed by atoms with Gasteiger partial charge in [0.1, 0.15) is 18.1 Å². The summed E-state index contributed by atoms with van der Waals surface area (Å²) < 4.78 is 0. The zero-order valence-electron chi connectivity index (χ0n) is 24.7. The third-order valence-corrected chi connectivity index (χ3v) is 7.83. The first-order valence-corrected chi connectivity index (χ1v) is 14.7. The molecule has 4 unspecified atom stereocenters. The minimum Gasteiger partial charge on any atom is -0.480 e. The van der Waals surface area contributed by atoms with E-state index in [4.69, 9.17) is 5.73 Å². The van der Waals surface area contributed by atoms with E-state index in [0.717, 1.165) is 38.5 Å². The summed E-state index contributed by atoms with van der Waals surface area (Å²) in [6.45, 7) is 1.46. The Bertz CT molecular complexity index is 1810. The summed E-state index contributed by atoms with van der Waals surface area (Å²) in [4.78, 5) is 58.2. The zero-order chi connectivity index (χ0) is 31.9. The molecule has 45 heavy (non-hydrogen) atoms. The molecule has 0 saturated heterocycles. The highest BCUT2D eigenvalue weighted by Crippen LogP contribution is 2.20. The minimum atomic E-state index is -1.23. The summed E-state index contributed by atoms with van der Waals surface area (Å²) in [5.41, 5.74) is 10.4. The molecule has 4 atom stereocenters. The predicted octanol–water partition coefficient (Wildman–Crippen LogP) is 2.56. The van der Waals surface area contributed by atoms with Crippen LogP contribution in [0.25, 0.3) is 21.8 Å². The first kappa shape index (κ1) is 31.0. The number of amides is 3. The molecule has 2 aromatic heterocycles. The summed E-state index contributed by atoms with van der Waals surface area (Å²) in [6.07, 6.45) is 3.95. The van der Waals surface area contributed by atoms with E-state index in [9.17, 15) is 24.3 Å². The molecule has 3 amide bonds. The van der Waals surface area contributed by atoms with Crippen molar-refractivity contribution in [3.63, 3.8) is 0 Å². The van der Waals surface area contributed by atoms with Gasteiger partial charge in [-0.15, -0.1) is 0 Å². The number of aromatic nitrogens is 2. The monoisotopic (exact) mass is 608 g/mol. The smallest absolute Gasteiger partial charge is 0.326 e. The zero-order valence-corrected chi connectivity index (χ0v) is 24.7. The Morgan fingerprint density at radius 1 is 0.667 bits per heavy atom. The van der Waals surface area contributed by atoms with E-state index in [2.05, 4.69) is 25.9 Å². The molecule has 8 N–H and O–H groups in total. The number of aromatic amines is 2. The third kappa shape index (κ3) is 7.57. The van der Waals surface area contributed by atoms with Crippen LogP contribution >= 0.6 is 0 Å². The van der Waals surface area contributed by atoms with Crippen LogP contribution in [0.5, 0.6) is 0 Å². The van der Waals surface area contributed by atoms with Crippen LogP contribution in [0, 0.1) is 0 Å². The van der Waals surface area contributed by atoms with Gasteiger partial charge in [0, 0.05) is 47.0 Å². The molecule has 11 heteroatoms. The van der Waals surface area contributed by atoms with Gasteiger partial charge in [-0.05, 0) is 42.2 Å². The lowest BCUT2D eigenvalue weighted by Crippen LogP contribution is -2.57. The molecule has 0 bridgehead atoms. The van der Waals surface area contributed by atoms with Crippen molar-refractivity contribution in [2.45, 2.75) is 50.4 Å². The van der Waals surface area contributed by atoms with Gasteiger partial charge < -0.3 is 36.8 Å². The molecule has 3 aromatic carbocycles. The van der Waals surface area contributed by atoms with Gasteiger partial charge in [-0.25, -0.2) is 4.79 Å². The number of carbonyl (C=O) groups excluding carboxylic acids is 3. The Kier molecular flexibility index (Phi) is 9.59. The summed E-state index contributed by atoms with van der Waals surface area (Å²) in [7, 11) is 0. The fraction of sp³-hybridized carbons (Fsp3) is 0.235. The van der Waals surface area contributed by atoms with Crippen LogP contribution in [0.4, 0.5) is 0 Å². The van der Waals surface area contributed by atoms with E-state index in [1.54, 1.807) is 12.4 Å². The second-order valence-electron chi connectivity index (χ2n) is 11.1. The van der Waals surface area contributed by atoms with E-state index < -0.39 is 47.9 Å². The maximum absolute atomic E-state index is 13.6. The Morgan fingerprint density at radius 3 is 1.76 bits per heavy atom. The number of H-pyrrole nitrogens is 2. The molecule has 0 aliphatic rings. The fourth-order valence-electron chi connectivity index (χ4n) is 5.37. The standard InChI is InChI=1S/C34H36N6O5/c1-20(31(41)40-30(34(44)45)17-23-19-37-28-14-8-6-12-25(23)28)38-33(43)29(16-22-18-36-27-13-7-5-11-24(22)27)39-32(42)26(35)15-21-9-3-2-4-10-21/h2-14,18-20,26,29-30,36-37H,15-17,35H2,1H3,(H,38,43)(H,39,42)(H,40,41)(H,44,45). The van der Waals surface area contributed by atoms with Crippen molar-refractivity contribution >= 4 is 45.5 Å². The number of benzene rings is 3. The van der Waals surface area contributed by atoms with E-state index in [1.807, 2.05) is 78.9 Å². The van der Waals surface area contributed by atoms with E-state index in [-0.39, 0.29) is 19.3 Å². The summed E-state index contributed by atoms with van der Waals surface area (Å²) in [5.74, 6) is -3.00. The molecule has 0 aliphatic heterocycles. The molecule has 11 nitrogen and oxygen atoms in total. The second-order valence-corrected chi connectivity index (χ2v) is 11.1. The van der Waals surface area contributed by atoms with Gasteiger partial charge in [-0.3, -0.25) is 14.4 Å². The van der Waals surface area contributed by atoms with Gasteiger partial charge in [-0.1, -0.05) is 66.7 Å². The lowest BCUT2D eigenvalue weighted by atomic mass is 10.0. The molecule has 0 fully saturated rings. The number of nitrogens with one attached hydrogen (secondary N) is 5. The van der Waals surface area contributed by atoms with Crippen LogP contribution < -0.4 is 21.7 Å². The lowest BCUT2D eigenvalue weighted by molar-refractivity contribution is -0.142. The number of carbonyl (C=O) groups is 4. The number of fused-ring (bicyclic) bond motifs is 2. The number of hydrogen-bond acceptors (Lipinski definition) is 5. The molecule has 0 spiro atoms. The highest BCUT2D eigenvalue weighted by molar-refractivity contribution is 5.95. The summed E-state index contributed by atoms with van der Waals surface area (Å²) in [5, 5.41) is 19.6. The lowest BCUT2D eigenvalue weighted by Gasteiger charge is -2.23. The van der Waals surface area contributed by atoms with Crippen LogP contribution in [0.2, 0.25) is 0 Å². The third-order valence-electron chi connectivity index (χ3n) is 7.83. The number of hydrogen-bond donors (Lipinski definition) is 7. The minimum absolute atomic E-state index is 0.0459. The van der Waals surface area contributed by atoms with Crippen LogP contribution in [0.1, 0.15) is 23.6 Å². The second kappa shape index (κ2) is 13.9. The maximum Gasteiger partial charge on any atom is 0.326 e. The number of carboxylic acid groups (broad SMARTS) is 1. The molecule has 0 radical (unpaired) electrons. The summed E-state index contributed by atoms with van der Waals surface area (Å²) >= 11 is 0. The Morgan fingerprint density at radius 2 is 1.18 bits per heavy atom. The van der Waals surface area contributed by atoms with Crippen molar-refractivity contribution in [3.05, 3.63) is 108 Å². The topological polar surface area (TPSA) is 182 Å². The van der Waals surface area contributed by atoms with Crippen molar-refractivity contribution in [1.82, 2.24) is 25.9 Å². The normalized spacial score (nSPS) is 13.9. The van der Waals surface area contributed by atoms with Gasteiger partial charge in [0.2, 0.25) is 17.7 Å². The molecule has 232 valence electrons. The number of carboxylic acids is 1. The highest BCUT2D eigenvalue weighted by Gasteiger charge is 2.29. The van der Waals surface area contributed by atoms with Crippen molar-refractivity contribution < 1.29 is 24.3 Å². The van der Waals surface area contributed by atoms with Crippen molar-refractivity contribution in [2.24, 2.45) is 5.73 Å². The molecule has 0 saturated carbocycles. The van der Waals surface area contributed by atoms with Gasteiger partial charge >= 0.3 is 5.97 Å². The molecule has 2 heterocycles. The first-order valence-electron chi connectivity index (χ1n) is 14.7. The quantitative estimate of drug-likeness (QED) is 0.108. The Hall–Kier alpha value is -5.42. The molecular weight excluding hydrogens is 572 g/mol. The van der Waals surface area contributed by atoms with Gasteiger partial charge in [0.25, 0.3) is 0 Å². The van der Waals surface area contributed by atoms with Crippen LogP contribution in [0.3, 0.4) is 0 Å².